The molecule has 3 rings (SSSR count). The summed E-state index contributed by atoms with van der Waals surface area (Å²) in [6.07, 6.45) is 0. The molecule has 1 aliphatic heterocycles. The Hall–Kier alpha value is -2.53. The number of nitrogens with zero attached hydrogens (tertiary/aromatic N) is 1. The molecular weight excluding hydrogens is 340 g/mol. The van der Waals surface area contributed by atoms with Crippen LogP contribution < -0.4 is 15.0 Å². The van der Waals surface area contributed by atoms with E-state index in [-0.39, 0.29) is 11.8 Å². The van der Waals surface area contributed by atoms with Gasteiger partial charge in [-0.15, -0.1) is 0 Å². The molecule has 1 atom stereocenters. The highest BCUT2D eigenvalue weighted by Crippen LogP contribution is 2.38. The molecular formula is C19H19ClN2O3. The van der Waals surface area contributed by atoms with E-state index in [4.69, 9.17) is 16.3 Å². The number of ether oxygens (including phenoxy) is 1. The highest BCUT2D eigenvalue weighted by molar-refractivity contribution is 6.30. The molecule has 2 amide bonds. The van der Waals surface area contributed by atoms with E-state index in [1.807, 2.05) is 25.1 Å². The lowest BCUT2D eigenvalue weighted by Gasteiger charge is -2.20. The SMILES string of the molecule is CC(=O)N[C@@H]1C(=O)N(CCOc2ccc(Cl)cc2)c2c(C)cccc21. The van der Waals surface area contributed by atoms with Gasteiger partial charge in [-0.3, -0.25) is 9.59 Å². The Bertz CT molecular complexity index is 805. The zero-order chi connectivity index (χ0) is 18.0. The maximum atomic E-state index is 12.8. The molecule has 2 aromatic carbocycles. The van der Waals surface area contributed by atoms with Crippen LogP contribution >= 0.6 is 11.6 Å². The number of carbonyl (C=O) groups is 2. The lowest BCUT2D eigenvalue weighted by molar-refractivity contribution is -0.126. The van der Waals surface area contributed by atoms with Gasteiger partial charge in [0.1, 0.15) is 18.4 Å². The molecule has 0 fully saturated rings. The molecule has 0 saturated carbocycles. The van der Waals surface area contributed by atoms with Crippen LogP contribution in [0.5, 0.6) is 5.75 Å². The molecule has 1 aliphatic rings. The predicted molar refractivity (Wildman–Crippen MR) is 97.0 cm³/mol. The zero-order valence-electron chi connectivity index (χ0n) is 14.1. The van der Waals surface area contributed by atoms with Crippen molar-refractivity contribution in [2.24, 2.45) is 0 Å². The number of hydrogen-bond donors (Lipinski definition) is 1. The molecule has 0 spiro atoms. The third kappa shape index (κ3) is 3.61. The number of amides is 2. The minimum absolute atomic E-state index is 0.140. The number of para-hydroxylation sites is 1. The second-order valence-corrected chi connectivity index (χ2v) is 6.37. The standard InChI is InChI=1S/C19H19ClN2O3/c1-12-4-3-5-16-17(21-13(2)23)19(24)22(18(12)16)10-11-25-15-8-6-14(20)7-9-15/h3-9,17H,10-11H2,1-2H3,(H,21,23)/t17-/m0/s1. The molecule has 0 aliphatic carbocycles. The van der Waals surface area contributed by atoms with Crippen molar-refractivity contribution >= 4 is 29.1 Å². The number of fused-ring (bicyclic) bond motifs is 1. The number of carbonyl (C=O) groups excluding carboxylic acids is 2. The summed E-state index contributed by atoms with van der Waals surface area (Å²) in [6.45, 7) is 4.10. The minimum Gasteiger partial charge on any atom is -0.492 e. The average Bonchev–Trinajstić information content (AvgIpc) is 2.83. The smallest absolute Gasteiger partial charge is 0.254 e. The summed E-state index contributed by atoms with van der Waals surface area (Å²) in [6, 6.07) is 12.2. The Balaban J connectivity index is 1.76. The number of halogens is 1. The van der Waals surface area contributed by atoms with Crippen molar-refractivity contribution in [1.82, 2.24) is 5.32 Å². The number of nitrogens with one attached hydrogen (secondary N) is 1. The molecule has 2 aromatic rings. The number of rotatable bonds is 5. The largest absolute Gasteiger partial charge is 0.492 e. The monoisotopic (exact) mass is 358 g/mol. The van der Waals surface area contributed by atoms with Crippen LogP contribution in [0, 0.1) is 6.92 Å². The first-order chi connectivity index (χ1) is 12.0. The van der Waals surface area contributed by atoms with Gasteiger partial charge in [0.15, 0.2) is 0 Å². The topological polar surface area (TPSA) is 58.6 Å². The Kier molecular flexibility index (Phi) is 4.95. The van der Waals surface area contributed by atoms with E-state index >= 15 is 0 Å². The maximum Gasteiger partial charge on any atom is 0.254 e. The van der Waals surface area contributed by atoms with E-state index in [9.17, 15) is 9.59 Å². The van der Waals surface area contributed by atoms with Gasteiger partial charge in [-0.05, 0) is 36.8 Å². The Morgan fingerprint density at radius 1 is 1.24 bits per heavy atom. The van der Waals surface area contributed by atoms with Crippen molar-refractivity contribution in [2.45, 2.75) is 19.9 Å². The first kappa shape index (κ1) is 17.3. The van der Waals surface area contributed by atoms with Gasteiger partial charge in [0, 0.05) is 17.5 Å². The zero-order valence-corrected chi connectivity index (χ0v) is 14.8. The fraction of sp³-hybridized carbons (Fsp3) is 0.263. The molecule has 1 heterocycles. The summed E-state index contributed by atoms with van der Waals surface area (Å²) in [5.41, 5.74) is 2.67. The van der Waals surface area contributed by atoms with E-state index in [1.54, 1.807) is 29.2 Å². The molecule has 1 N–H and O–H groups in total. The lowest BCUT2D eigenvalue weighted by Crippen LogP contribution is -2.38. The van der Waals surface area contributed by atoms with Crippen molar-refractivity contribution in [3.05, 3.63) is 58.6 Å². The summed E-state index contributed by atoms with van der Waals surface area (Å²) in [4.78, 5) is 25.9. The van der Waals surface area contributed by atoms with Gasteiger partial charge in [-0.1, -0.05) is 29.8 Å². The van der Waals surface area contributed by atoms with Gasteiger partial charge in [-0.25, -0.2) is 0 Å². The van der Waals surface area contributed by atoms with Crippen LogP contribution in [0.1, 0.15) is 24.1 Å². The van der Waals surface area contributed by atoms with Gasteiger partial charge in [0.2, 0.25) is 5.91 Å². The van der Waals surface area contributed by atoms with Crippen molar-refractivity contribution in [3.63, 3.8) is 0 Å². The summed E-state index contributed by atoms with van der Waals surface area (Å²) < 4.78 is 5.70. The molecule has 0 bridgehead atoms. The van der Waals surface area contributed by atoms with Crippen LogP contribution in [0.3, 0.4) is 0 Å². The van der Waals surface area contributed by atoms with E-state index < -0.39 is 6.04 Å². The van der Waals surface area contributed by atoms with Gasteiger partial charge in [0.25, 0.3) is 5.91 Å². The quantitative estimate of drug-likeness (QED) is 0.892. The first-order valence-corrected chi connectivity index (χ1v) is 8.41. The third-order valence-electron chi connectivity index (χ3n) is 4.11. The van der Waals surface area contributed by atoms with Crippen molar-refractivity contribution in [1.29, 1.82) is 0 Å². The van der Waals surface area contributed by atoms with Crippen molar-refractivity contribution < 1.29 is 14.3 Å². The number of anilines is 1. The van der Waals surface area contributed by atoms with Gasteiger partial charge < -0.3 is 15.0 Å². The van der Waals surface area contributed by atoms with Gasteiger partial charge in [0.05, 0.1) is 12.2 Å². The van der Waals surface area contributed by atoms with Crippen LogP contribution in [0.2, 0.25) is 5.02 Å². The fourth-order valence-corrected chi connectivity index (χ4v) is 3.16. The summed E-state index contributed by atoms with van der Waals surface area (Å²) in [5, 5.41) is 3.38. The highest BCUT2D eigenvalue weighted by Gasteiger charge is 2.38. The second-order valence-electron chi connectivity index (χ2n) is 5.94. The van der Waals surface area contributed by atoms with E-state index in [0.29, 0.717) is 23.9 Å². The molecule has 0 saturated heterocycles. The number of hydrogen-bond acceptors (Lipinski definition) is 3. The van der Waals surface area contributed by atoms with Gasteiger partial charge in [-0.2, -0.15) is 0 Å². The van der Waals surface area contributed by atoms with Crippen molar-refractivity contribution in [3.8, 4) is 5.75 Å². The molecule has 0 radical (unpaired) electrons. The molecule has 25 heavy (non-hydrogen) atoms. The fourth-order valence-electron chi connectivity index (χ4n) is 3.03. The minimum atomic E-state index is -0.636. The molecule has 0 aromatic heterocycles. The highest BCUT2D eigenvalue weighted by atomic mass is 35.5. The normalized spacial score (nSPS) is 15.9. The second kappa shape index (κ2) is 7.15. The Morgan fingerprint density at radius 3 is 2.64 bits per heavy atom. The van der Waals surface area contributed by atoms with Crippen LogP contribution in [-0.2, 0) is 9.59 Å². The Morgan fingerprint density at radius 2 is 1.96 bits per heavy atom. The summed E-state index contributed by atoms with van der Waals surface area (Å²) in [7, 11) is 0. The van der Waals surface area contributed by atoms with E-state index in [0.717, 1.165) is 16.8 Å². The first-order valence-electron chi connectivity index (χ1n) is 8.03. The number of aryl methyl sites for hydroxylation is 1. The van der Waals surface area contributed by atoms with Crippen LogP contribution in [0.15, 0.2) is 42.5 Å². The molecule has 5 nitrogen and oxygen atoms in total. The van der Waals surface area contributed by atoms with Crippen LogP contribution in [-0.4, -0.2) is 25.0 Å². The summed E-state index contributed by atoms with van der Waals surface area (Å²) >= 11 is 5.86. The third-order valence-corrected chi connectivity index (χ3v) is 4.36. The van der Waals surface area contributed by atoms with E-state index in [1.165, 1.54) is 6.92 Å². The molecule has 0 unspecified atom stereocenters. The maximum absolute atomic E-state index is 12.8. The molecule has 6 heteroatoms. The average molecular weight is 359 g/mol. The van der Waals surface area contributed by atoms with Crippen molar-refractivity contribution in [2.75, 3.05) is 18.1 Å². The van der Waals surface area contributed by atoms with Crippen LogP contribution in [0.25, 0.3) is 0 Å². The lowest BCUT2D eigenvalue weighted by atomic mass is 10.1. The van der Waals surface area contributed by atoms with E-state index in [2.05, 4.69) is 5.32 Å². The van der Waals surface area contributed by atoms with Gasteiger partial charge >= 0.3 is 0 Å². The number of benzene rings is 2. The predicted octanol–water partition coefficient (Wildman–Crippen LogP) is 3.25. The van der Waals surface area contributed by atoms with Crippen LogP contribution in [0.4, 0.5) is 5.69 Å². The summed E-state index contributed by atoms with van der Waals surface area (Å²) in [5.74, 6) is 0.323. The Labute approximate surface area is 151 Å². The molecule has 130 valence electrons.